The van der Waals surface area contributed by atoms with Crippen LogP contribution < -0.4 is 10.2 Å². The van der Waals surface area contributed by atoms with Crippen LogP contribution in [0.3, 0.4) is 0 Å². The summed E-state index contributed by atoms with van der Waals surface area (Å²) < 4.78 is 18.7. The van der Waals surface area contributed by atoms with Gasteiger partial charge in [0.2, 0.25) is 0 Å². The quantitative estimate of drug-likeness (QED) is 0.561. The zero-order valence-corrected chi connectivity index (χ0v) is 14.9. The van der Waals surface area contributed by atoms with Gasteiger partial charge in [0, 0.05) is 0 Å². The van der Waals surface area contributed by atoms with E-state index >= 15 is 0 Å². The van der Waals surface area contributed by atoms with Crippen molar-refractivity contribution in [1.29, 1.82) is 5.26 Å². The van der Waals surface area contributed by atoms with Crippen molar-refractivity contribution in [1.82, 2.24) is 5.43 Å². The van der Waals surface area contributed by atoms with Crippen LogP contribution in [0.4, 0.5) is 4.39 Å². The molecule has 7 nitrogen and oxygen atoms in total. The number of aliphatic carboxylic acids is 1. The summed E-state index contributed by atoms with van der Waals surface area (Å²) in [4.78, 5) is 22.4. The summed E-state index contributed by atoms with van der Waals surface area (Å²) in [6, 6.07) is 7.95. The van der Waals surface area contributed by atoms with E-state index in [0.29, 0.717) is 5.56 Å². The number of halogens is 3. The predicted octanol–water partition coefficient (Wildman–Crippen LogP) is 3.23. The Hall–Kier alpha value is -3.15. The zero-order valence-electron chi connectivity index (χ0n) is 13.4. The lowest BCUT2D eigenvalue weighted by Gasteiger charge is -2.08. The monoisotopic (exact) mass is 409 g/mol. The molecule has 0 aliphatic heterocycles. The third-order valence-corrected chi connectivity index (χ3v) is 3.64. The SMILES string of the molecule is N#Cc1ccc(C(=O)N/N=C\c2cc(Cl)c(OCC(=O)O)c(Cl)c2)c(F)c1. The van der Waals surface area contributed by atoms with Gasteiger partial charge >= 0.3 is 5.97 Å². The highest BCUT2D eigenvalue weighted by molar-refractivity contribution is 6.37. The number of rotatable bonds is 6. The van der Waals surface area contributed by atoms with E-state index < -0.39 is 24.3 Å². The Bertz CT molecular complexity index is 950. The number of carbonyl (C=O) groups is 2. The molecule has 0 unspecified atom stereocenters. The van der Waals surface area contributed by atoms with E-state index in [1.807, 2.05) is 0 Å². The van der Waals surface area contributed by atoms with Crippen molar-refractivity contribution in [2.45, 2.75) is 0 Å². The van der Waals surface area contributed by atoms with Gasteiger partial charge in [-0.05, 0) is 35.9 Å². The molecule has 0 saturated carbocycles. The second kappa shape index (κ2) is 8.98. The fourth-order valence-corrected chi connectivity index (χ4v) is 2.53. The van der Waals surface area contributed by atoms with Gasteiger partial charge in [0.25, 0.3) is 5.91 Å². The lowest BCUT2D eigenvalue weighted by molar-refractivity contribution is -0.139. The number of nitrogens with zero attached hydrogens (tertiary/aromatic N) is 2. The molecule has 2 rings (SSSR count). The minimum atomic E-state index is -1.19. The van der Waals surface area contributed by atoms with Crippen LogP contribution in [0, 0.1) is 17.1 Å². The first-order chi connectivity index (χ1) is 12.8. The van der Waals surface area contributed by atoms with E-state index in [-0.39, 0.29) is 26.9 Å². The number of hydrazone groups is 1. The van der Waals surface area contributed by atoms with Crippen molar-refractivity contribution in [2.24, 2.45) is 5.10 Å². The van der Waals surface area contributed by atoms with Crippen LogP contribution in [0.5, 0.6) is 5.75 Å². The second-order valence-electron chi connectivity index (χ2n) is 5.00. The van der Waals surface area contributed by atoms with E-state index in [1.54, 1.807) is 6.07 Å². The van der Waals surface area contributed by atoms with Crippen molar-refractivity contribution in [3.05, 3.63) is 62.9 Å². The Balaban J connectivity index is 2.09. The van der Waals surface area contributed by atoms with Crippen LogP contribution in [-0.4, -0.2) is 29.8 Å². The van der Waals surface area contributed by atoms with Crippen molar-refractivity contribution in [3.63, 3.8) is 0 Å². The molecule has 2 N–H and O–H groups in total. The molecule has 0 atom stereocenters. The van der Waals surface area contributed by atoms with Crippen LogP contribution in [0.2, 0.25) is 10.0 Å². The van der Waals surface area contributed by atoms with Crippen molar-refractivity contribution >= 4 is 41.3 Å². The number of carboxylic acids is 1. The standard InChI is InChI=1S/C17H10Cl2FN3O4/c18-12-3-10(4-13(19)16(12)27-8-15(24)25)7-22-23-17(26)11-2-1-9(6-21)5-14(11)20/h1-5,7H,8H2,(H,23,26)(H,24,25)/b22-7-. The molecule has 27 heavy (non-hydrogen) atoms. The Morgan fingerprint density at radius 3 is 2.52 bits per heavy atom. The lowest BCUT2D eigenvalue weighted by atomic mass is 10.1. The summed E-state index contributed by atoms with van der Waals surface area (Å²) in [6.45, 7) is -0.612. The largest absolute Gasteiger partial charge is 0.479 e. The van der Waals surface area contributed by atoms with E-state index in [2.05, 4.69) is 10.5 Å². The fourth-order valence-electron chi connectivity index (χ4n) is 1.92. The Morgan fingerprint density at radius 2 is 1.96 bits per heavy atom. The molecule has 0 heterocycles. The molecule has 0 fully saturated rings. The summed E-state index contributed by atoms with van der Waals surface area (Å²) in [6.07, 6.45) is 1.21. The maximum atomic E-state index is 13.8. The molecule has 1 amide bonds. The zero-order chi connectivity index (χ0) is 20.0. The van der Waals surface area contributed by atoms with Crippen molar-refractivity contribution in [3.8, 4) is 11.8 Å². The van der Waals surface area contributed by atoms with Crippen molar-refractivity contribution in [2.75, 3.05) is 6.61 Å². The molecule has 2 aromatic rings. The van der Waals surface area contributed by atoms with E-state index in [9.17, 15) is 14.0 Å². The molecule has 138 valence electrons. The Kier molecular flexibility index (Phi) is 6.71. The summed E-state index contributed by atoms with van der Waals surface area (Å²) in [5, 5.41) is 21.1. The summed E-state index contributed by atoms with van der Waals surface area (Å²) in [7, 11) is 0. The van der Waals surface area contributed by atoms with Gasteiger partial charge in [0.15, 0.2) is 12.4 Å². The maximum Gasteiger partial charge on any atom is 0.341 e. The van der Waals surface area contributed by atoms with Gasteiger partial charge in [0.1, 0.15) is 5.82 Å². The first-order valence-electron chi connectivity index (χ1n) is 7.18. The van der Waals surface area contributed by atoms with Gasteiger partial charge in [-0.2, -0.15) is 10.4 Å². The summed E-state index contributed by atoms with van der Waals surface area (Å²) in [5.41, 5.74) is 2.32. The van der Waals surface area contributed by atoms with E-state index in [1.165, 1.54) is 30.5 Å². The van der Waals surface area contributed by atoms with E-state index in [0.717, 1.165) is 6.07 Å². The molecule has 0 spiro atoms. The second-order valence-corrected chi connectivity index (χ2v) is 5.82. The first-order valence-corrected chi connectivity index (χ1v) is 7.94. The Morgan fingerprint density at radius 1 is 1.30 bits per heavy atom. The number of hydrogen-bond donors (Lipinski definition) is 2. The average Bonchev–Trinajstić information content (AvgIpc) is 2.60. The topological polar surface area (TPSA) is 112 Å². The first kappa shape index (κ1) is 20.2. The number of amides is 1. The van der Waals surface area contributed by atoms with Crippen molar-refractivity contribution < 1.29 is 23.8 Å². The van der Waals surface area contributed by atoms with Gasteiger partial charge in [-0.25, -0.2) is 14.6 Å². The van der Waals surface area contributed by atoms with Gasteiger partial charge in [-0.3, -0.25) is 4.79 Å². The fraction of sp³-hybridized carbons (Fsp3) is 0.0588. The summed E-state index contributed by atoms with van der Waals surface area (Å²) in [5.74, 6) is -2.85. The van der Waals surface area contributed by atoms with Crippen LogP contribution in [-0.2, 0) is 4.79 Å². The van der Waals surface area contributed by atoms with E-state index in [4.69, 9.17) is 38.3 Å². The molecule has 0 aliphatic carbocycles. The van der Waals surface area contributed by atoms with Crippen LogP contribution in [0.1, 0.15) is 21.5 Å². The summed E-state index contributed by atoms with van der Waals surface area (Å²) >= 11 is 12.0. The van der Waals surface area contributed by atoms with Gasteiger partial charge in [-0.1, -0.05) is 23.2 Å². The van der Waals surface area contributed by atoms with Gasteiger partial charge < -0.3 is 9.84 Å². The molecule has 2 aromatic carbocycles. The molecule has 0 bridgehead atoms. The molecule has 10 heteroatoms. The normalized spacial score (nSPS) is 10.4. The number of nitrogens with one attached hydrogen (secondary N) is 1. The van der Waals surface area contributed by atoms with Gasteiger partial charge in [-0.15, -0.1) is 0 Å². The minimum absolute atomic E-state index is 0.00146. The highest BCUT2D eigenvalue weighted by Crippen LogP contribution is 2.33. The number of nitriles is 1. The molecule has 0 saturated heterocycles. The third-order valence-electron chi connectivity index (χ3n) is 3.08. The highest BCUT2D eigenvalue weighted by atomic mass is 35.5. The number of benzene rings is 2. The number of carboxylic acid groups (broad SMARTS) is 1. The van der Waals surface area contributed by atoms with Crippen LogP contribution in [0.15, 0.2) is 35.4 Å². The molecular formula is C17H10Cl2FN3O4. The Labute approximate surface area is 162 Å². The predicted molar refractivity (Wildman–Crippen MR) is 95.8 cm³/mol. The molecule has 0 aromatic heterocycles. The highest BCUT2D eigenvalue weighted by Gasteiger charge is 2.13. The number of carbonyl (C=O) groups excluding carboxylic acids is 1. The average molecular weight is 410 g/mol. The van der Waals surface area contributed by atoms with Gasteiger partial charge in [0.05, 0.1) is 33.5 Å². The third kappa shape index (κ3) is 5.41. The lowest BCUT2D eigenvalue weighted by Crippen LogP contribution is -2.19. The molecule has 0 aliphatic rings. The minimum Gasteiger partial charge on any atom is -0.479 e. The van der Waals surface area contributed by atoms with Crippen LogP contribution >= 0.6 is 23.2 Å². The smallest absolute Gasteiger partial charge is 0.341 e. The molecular weight excluding hydrogens is 400 g/mol. The maximum absolute atomic E-state index is 13.8. The molecule has 0 radical (unpaired) electrons. The van der Waals surface area contributed by atoms with Crippen LogP contribution in [0.25, 0.3) is 0 Å². The number of hydrogen-bond acceptors (Lipinski definition) is 5. The number of ether oxygens (including phenoxy) is 1.